The van der Waals surface area contributed by atoms with E-state index in [-0.39, 0.29) is 5.91 Å². The van der Waals surface area contributed by atoms with Gasteiger partial charge < -0.3 is 25.2 Å². The van der Waals surface area contributed by atoms with Crippen LogP contribution in [0.3, 0.4) is 0 Å². The second-order valence-corrected chi connectivity index (χ2v) is 10.00. The van der Waals surface area contributed by atoms with Crippen LogP contribution in [0.5, 0.6) is 17.4 Å². The average molecular weight is 502 g/mol. The summed E-state index contributed by atoms with van der Waals surface area (Å²) in [7, 11) is 1.61. The Morgan fingerprint density at radius 3 is 2.51 bits per heavy atom. The second-order valence-electron chi connectivity index (χ2n) is 10.00. The standard InChI is InChI=1S/C28H31N5O4/c1-17-13-18(5-12-22(17)27(34)31-19-6-7-19)24-15-29-26-23(30-16-28(2,3)35)14-25(32-33(24)26)37-21-10-8-20(36-4)9-11-21/h5,8-15,19,30,35H,6-7,16H2,1-4H3,(H,31,34). The van der Waals surface area contributed by atoms with Crippen molar-refractivity contribution in [1.29, 1.82) is 0 Å². The summed E-state index contributed by atoms with van der Waals surface area (Å²) in [6, 6.07) is 15.0. The van der Waals surface area contributed by atoms with Gasteiger partial charge in [-0.25, -0.2) is 9.50 Å². The highest BCUT2D eigenvalue weighted by atomic mass is 16.5. The van der Waals surface area contributed by atoms with Crippen molar-refractivity contribution in [2.75, 3.05) is 19.0 Å². The summed E-state index contributed by atoms with van der Waals surface area (Å²) in [5, 5.41) is 21.3. The molecule has 1 aliphatic carbocycles. The van der Waals surface area contributed by atoms with Gasteiger partial charge in [0.1, 0.15) is 11.5 Å². The molecule has 0 unspecified atom stereocenters. The molecular formula is C28H31N5O4. The van der Waals surface area contributed by atoms with Crippen molar-refractivity contribution in [2.24, 2.45) is 0 Å². The number of carbonyl (C=O) groups is 1. The van der Waals surface area contributed by atoms with Gasteiger partial charge in [-0.2, -0.15) is 0 Å². The number of anilines is 1. The molecule has 2 aromatic heterocycles. The molecule has 0 spiro atoms. The van der Waals surface area contributed by atoms with Crippen molar-refractivity contribution in [3.8, 4) is 28.6 Å². The van der Waals surface area contributed by atoms with Crippen LogP contribution in [-0.2, 0) is 0 Å². The molecule has 9 heteroatoms. The largest absolute Gasteiger partial charge is 0.497 e. The SMILES string of the molecule is COc1ccc(Oc2cc(NCC(C)(C)O)c3ncc(-c4ccc(C(=O)NC5CC5)c(C)c4)n3n2)cc1. The molecule has 3 N–H and O–H groups in total. The van der Waals surface area contributed by atoms with E-state index in [4.69, 9.17) is 14.6 Å². The number of nitrogens with zero attached hydrogens (tertiary/aromatic N) is 3. The lowest BCUT2D eigenvalue weighted by Crippen LogP contribution is -2.29. The van der Waals surface area contributed by atoms with Gasteiger partial charge in [0.2, 0.25) is 5.88 Å². The summed E-state index contributed by atoms with van der Waals surface area (Å²) in [6.45, 7) is 5.69. The highest BCUT2D eigenvalue weighted by Gasteiger charge is 2.25. The third-order valence-electron chi connectivity index (χ3n) is 6.12. The molecule has 5 rings (SSSR count). The second kappa shape index (κ2) is 9.74. The zero-order chi connectivity index (χ0) is 26.2. The summed E-state index contributed by atoms with van der Waals surface area (Å²) < 4.78 is 13.0. The Morgan fingerprint density at radius 1 is 1.14 bits per heavy atom. The van der Waals surface area contributed by atoms with Gasteiger partial charge in [-0.3, -0.25) is 4.79 Å². The van der Waals surface area contributed by atoms with E-state index in [1.807, 2.05) is 37.3 Å². The minimum absolute atomic E-state index is 0.0453. The van der Waals surface area contributed by atoms with Crippen molar-refractivity contribution in [1.82, 2.24) is 19.9 Å². The Bertz CT molecular complexity index is 1440. The molecule has 1 amide bonds. The maximum Gasteiger partial charge on any atom is 0.251 e. The topological polar surface area (TPSA) is 110 Å². The maximum absolute atomic E-state index is 12.6. The molecule has 0 radical (unpaired) electrons. The fourth-order valence-electron chi connectivity index (χ4n) is 3.97. The Morgan fingerprint density at radius 2 is 1.86 bits per heavy atom. The zero-order valence-corrected chi connectivity index (χ0v) is 21.4. The van der Waals surface area contributed by atoms with E-state index in [1.165, 1.54) is 0 Å². The fourth-order valence-corrected chi connectivity index (χ4v) is 3.97. The van der Waals surface area contributed by atoms with Gasteiger partial charge in [-0.15, -0.1) is 5.10 Å². The molecule has 192 valence electrons. The first-order valence-electron chi connectivity index (χ1n) is 12.3. The third-order valence-corrected chi connectivity index (χ3v) is 6.12. The van der Waals surface area contributed by atoms with Gasteiger partial charge in [0, 0.05) is 29.8 Å². The molecule has 0 saturated heterocycles. The Balaban J connectivity index is 1.52. The molecule has 37 heavy (non-hydrogen) atoms. The number of imidazole rings is 1. The number of aliphatic hydroxyl groups is 1. The molecule has 2 aromatic carbocycles. The number of nitrogens with one attached hydrogen (secondary N) is 2. The van der Waals surface area contributed by atoms with Crippen LogP contribution in [0.25, 0.3) is 16.9 Å². The van der Waals surface area contributed by atoms with Crippen LogP contribution in [0, 0.1) is 6.92 Å². The summed E-state index contributed by atoms with van der Waals surface area (Å²) >= 11 is 0. The summed E-state index contributed by atoms with van der Waals surface area (Å²) in [4.78, 5) is 17.2. The highest BCUT2D eigenvalue weighted by Crippen LogP contribution is 2.31. The lowest BCUT2D eigenvalue weighted by molar-refractivity contribution is 0.0940. The smallest absolute Gasteiger partial charge is 0.251 e. The van der Waals surface area contributed by atoms with Crippen LogP contribution >= 0.6 is 0 Å². The number of rotatable bonds is 9. The Labute approximate surface area is 215 Å². The molecule has 0 atom stereocenters. The molecule has 0 bridgehead atoms. The van der Waals surface area contributed by atoms with Gasteiger partial charge in [-0.05, 0) is 75.6 Å². The predicted molar refractivity (Wildman–Crippen MR) is 142 cm³/mol. The normalized spacial score (nSPS) is 13.4. The molecule has 1 saturated carbocycles. The number of amides is 1. The Hall–Kier alpha value is -4.11. The number of ether oxygens (including phenoxy) is 2. The molecule has 1 aliphatic rings. The van der Waals surface area contributed by atoms with Crippen molar-refractivity contribution in [3.63, 3.8) is 0 Å². The monoisotopic (exact) mass is 501 g/mol. The van der Waals surface area contributed by atoms with Crippen LogP contribution in [-0.4, -0.2) is 50.9 Å². The van der Waals surface area contributed by atoms with Crippen LogP contribution in [0.4, 0.5) is 5.69 Å². The number of aromatic nitrogens is 3. The fraction of sp³-hybridized carbons (Fsp3) is 0.321. The minimum Gasteiger partial charge on any atom is -0.497 e. The van der Waals surface area contributed by atoms with E-state index in [9.17, 15) is 9.90 Å². The Kier molecular flexibility index (Phi) is 6.47. The number of carbonyl (C=O) groups excluding carboxylic acids is 1. The van der Waals surface area contributed by atoms with E-state index < -0.39 is 5.60 Å². The van der Waals surface area contributed by atoms with Crippen molar-refractivity contribution in [2.45, 2.75) is 45.3 Å². The number of methoxy groups -OCH3 is 1. The van der Waals surface area contributed by atoms with Gasteiger partial charge in [0.25, 0.3) is 5.91 Å². The predicted octanol–water partition coefficient (Wildman–Crippen LogP) is 4.58. The first-order chi connectivity index (χ1) is 17.7. The summed E-state index contributed by atoms with van der Waals surface area (Å²) in [6.07, 6.45) is 3.83. The number of hydrogen-bond donors (Lipinski definition) is 3. The van der Waals surface area contributed by atoms with Crippen molar-refractivity contribution >= 4 is 17.2 Å². The van der Waals surface area contributed by atoms with Gasteiger partial charge in [0.15, 0.2) is 5.65 Å². The van der Waals surface area contributed by atoms with E-state index in [0.717, 1.165) is 35.4 Å². The lowest BCUT2D eigenvalue weighted by atomic mass is 10.0. The van der Waals surface area contributed by atoms with Crippen LogP contribution in [0.2, 0.25) is 0 Å². The summed E-state index contributed by atoms with van der Waals surface area (Å²) in [5.41, 5.74) is 3.48. The van der Waals surface area contributed by atoms with E-state index in [2.05, 4.69) is 15.6 Å². The van der Waals surface area contributed by atoms with Crippen molar-refractivity contribution < 1.29 is 19.4 Å². The molecule has 9 nitrogen and oxygen atoms in total. The molecule has 2 heterocycles. The highest BCUT2D eigenvalue weighted by molar-refractivity contribution is 5.96. The first kappa shape index (κ1) is 24.6. The van der Waals surface area contributed by atoms with Crippen LogP contribution < -0.4 is 20.1 Å². The van der Waals surface area contributed by atoms with Gasteiger partial charge in [-0.1, -0.05) is 6.07 Å². The van der Waals surface area contributed by atoms with Crippen LogP contribution in [0.15, 0.2) is 54.7 Å². The molecule has 0 aliphatic heterocycles. The van der Waals surface area contributed by atoms with E-state index in [1.54, 1.807) is 49.9 Å². The zero-order valence-electron chi connectivity index (χ0n) is 21.4. The molecular weight excluding hydrogens is 470 g/mol. The quantitative estimate of drug-likeness (QED) is 0.308. The number of hydrogen-bond acceptors (Lipinski definition) is 7. The summed E-state index contributed by atoms with van der Waals surface area (Å²) in [5.74, 6) is 1.64. The first-order valence-corrected chi connectivity index (χ1v) is 12.3. The van der Waals surface area contributed by atoms with E-state index >= 15 is 0 Å². The maximum atomic E-state index is 12.6. The average Bonchev–Trinajstić information content (AvgIpc) is 3.57. The number of aryl methyl sites for hydroxylation is 1. The van der Waals surface area contributed by atoms with Crippen LogP contribution in [0.1, 0.15) is 42.6 Å². The van der Waals surface area contributed by atoms with Gasteiger partial charge >= 0.3 is 0 Å². The third kappa shape index (κ3) is 5.67. The molecule has 4 aromatic rings. The van der Waals surface area contributed by atoms with Crippen molar-refractivity contribution in [3.05, 3.63) is 65.9 Å². The van der Waals surface area contributed by atoms with Gasteiger partial charge in [0.05, 0.1) is 30.3 Å². The number of benzene rings is 2. The molecule has 1 fully saturated rings. The van der Waals surface area contributed by atoms with E-state index in [0.29, 0.717) is 41.1 Å². The number of fused-ring (bicyclic) bond motifs is 1. The minimum atomic E-state index is -0.930. The lowest BCUT2D eigenvalue weighted by Gasteiger charge is -2.19.